The molecule has 0 amide bonds. The summed E-state index contributed by atoms with van der Waals surface area (Å²) < 4.78 is 34.7. The number of quaternary nitrogens is 1. The van der Waals surface area contributed by atoms with Crippen molar-refractivity contribution in [3.05, 3.63) is 48.6 Å². The Bertz CT molecular complexity index is 1080. The Morgan fingerprint density at radius 1 is 0.525 bits per heavy atom. The molecule has 0 aliphatic rings. The molecular weight excluding hydrogens is 758 g/mol. The molecule has 0 aliphatic carbocycles. The lowest BCUT2D eigenvalue weighted by Crippen LogP contribution is -2.37. The first-order chi connectivity index (χ1) is 28.6. The second kappa shape index (κ2) is 43.1. The molecule has 0 spiro atoms. The van der Waals surface area contributed by atoms with Crippen LogP contribution in [0.2, 0.25) is 0 Å². The third kappa shape index (κ3) is 47.4. The van der Waals surface area contributed by atoms with Crippen LogP contribution in [-0.2, 0) is 27.9 Å². The molecule has 0 heterocycles. The van der Waals surface area contributed by atoms with E-state index in [1.54, 1.807) is 0 Å². The maximum atomic E-state index is 12.7. The SMILES string of the molecule is CCCCC/C=C\C/C=C\CCCCCCCCCCCCOC[C@H](COP(=O)([O-])OCC[N+](C)(C)C)OC(=O)CCCCCCCCC/C=C\C/C=C\CCCCC. The summed E-state index contributed by atoms with van der Waals surface area (Å²) in [5.41, 5.74) is 0. The molecule has 0 aromatic carbocycles. The minimum atomic E-state index is -4.53. The summed E-state index contributed by atoms with van der Waals surface area (Å²) >= 11 is 0. The summed E-state index contributed by atoms with van der Waals surface area (Å²) in [6.07, 6.45) is 52.6. The number of allylic oxidation sites excluding steroid dienone is 8. The molecule has 0 aromatic heterocycles. The van der Waals surface area contributed by atoms with E-state index < -0.39 is 13.9 Å². The highest BCUT2D eigenvalue weighted by Gasteiger charge is 2.20. The highest BCUT2D eigenvalue weighted by Crippen LogP contribution is 2.38. The van der Waals surface area contributed by atoms with Gasteiger partial charge in [-0.15, -0.1) is 0 Å². The number of hydrogen-bond donors (Lipinski definition) is 0. The van der Waals surface area contributed by atoms with Crippen LogP contribution in [0.3, 0.4) is 0 Å². The molecule has 59 heavy (non-hydrogen) atoms. The Hall–Kier alpha value is -1.54. The van der Waals surface area contributed by atoms with Crippen molar-refractivity contribution in [3.63, 3.8) is 0 Å². The lowest BCUT2D eigenvalue weighted by Gasteiger charge is -2.28. The number of esters is 1. The molecule has 9 heteroatoms. The molecule has 0 N–H and O–H groups in total. The molecular formula is C50H94NO7P. The fourth-order valence-corrected chi connectivity index (χ4v) is 7.28. The maximum absolute atomic E-state index is 12.7. The number of unbranched alkanes of at least 4 members (excludes halogenated alkanes) is 23. The third-order valence-electron chi connectivity index (χ3n) is 10.4. The average Bonchev–Trinajstić information content (AvgIpc) is 3.19. The number of carbonyl (C=O) groups excluding carboxylic acids is 1. The summed E-state index contributed by atoms with van der Waals surface area (Å²) in [6.45, 7) is 5.36. The summed E-state index contributed by atoms with van der Waals surface area (Å²) in [4.78, 5) is 25.1. The molecule has 346 valence electrons. The number of phosphoric ester groups is 1. The molecule has 0 fully saturated rings. The zero-order valence-electron chi connectivity index (χ0n) is 39.2. The molecule has 8 nitrogen and oxygen atoms in total. The number of likely N-dealkylation sites (N-methyl/N-ethyl adjacent to an activating group) is 1. The van der Waals surface area contributed by atoms with Crippen molar-refractivity contribution >= 4 is 13.8 Å². The summed E-state index contributed by atoms with van der Waals surface area (Å²) in [5, 5.41) is 0. The van der Waals surface area contributed by atoms with Crippen molar-refractivity contribution < 1.29 is 37.3 Å². The van der Waals surface area contributed by atoms with E-state index in [1.165, 1.54) is 135 Å². The minimum Gasteiger partial charge on any atom is -0.756 e. The van der Waals surface area contributed by atoms with Gasteiger partial charge in [-0.3, -0.25) is 9.36 Å². The van der Waals surface area contributed by atoms with Gasteiger partial charge in [0.15, 0.2) is 0 Å². The van der Waals surface area contributed by atoms with E-state index in [-0.39, 0.29) is 25.8 Å². The third-order valence-corrected chi connectivity index (χ3v) is 11.3. The van der Waals surface area contributed by atoms with Gasteiger partial charge in [-0.2, -0.15) is 0 Å². The molecule has 0 aliphatic heterocycles. The van der Waals surface area contributed by atoms with E-state index in [4.69, 9.17) is 18.5 Å². The largest absolute Gasteiger partial charge is 0.756 e. The number of ether oxygens (including phenoxy) is 2. The fourth-order valence-electron chi connectivity index (χ4n) is 6.55. The van der Waals surface area contributed by atoms with Gasteiger partial charge in [0.25, 0.3) is 7.82 Å². The van der Waals surface area contributed by atoms with Crippen LogP contribution in [0.15, 0.2) is 48.6 Å². The zero-order valence-corrected chi connectivity index (χ0v) is 40.1. The Morgan fingerprint density at radius 3 is 1.37 bits per heavy atom. The lowest BCUT2D eigenvalue weighted by molar-refractivity contribution is -0.870. The number of nitrogens with zero attached hydrogens (tertiary/aromatic N) is 1. The highest BCUT2D eigenvalue weighted by molar-refractivity contribution is 7.45. The number of phosphoric acid groups is 1. The fraction of sp³-hybridized carbons (Fsp3) is 0.820. The molecule has 0 saturated heterocycles. The molecule has 0 radical (unpaired) electrons. The molecule has 2 atom stereocenters. The first-order valence-corrected chi connectivity index (χ1v) is 25.8. The maximum Gasteiger partial charge on any atom is 0.306 e. The summed E-state index contributed by atoms with van der Waals surface area (Å²) in [6, 6.07) is 0. The van der Waals surface area contributed by atoms with Crippen LogP contribution < -0.4 is 4.89 Å². The van der Waals surface area contributed by atoms with Crippen LogP contribution in [-0.4, -0.2) is 70.7 Å². The monoisotopic (exact) mass is 852 g/mol. The lowest BCUT2D eigenvalue weighted by atomic mass is 10.1. The average molecular weight is 852 g/mol. The van der Waals surface area contributed by atoms with E-state index in [0.717, 1.165) is 51.4 Å². The van der Waals surface area contributed by atoms with E-state index in [1.807, 2.05) is 21.1 Å². The van der Waals surface area contributed by atoms with Crippen molar-refractivity contribution in [2.75, 3.05) is 54.1 Å². The normalized spacial score (nSPS) is 14.1. The second-order valence-corrected chi connectivity index (χ2v) is 18.9. The van der Waals surface area contributed by atoms with Gasteiger partial charge in [-0.05, 0) is 77.0 Å². The van der Waals surface area contributed by atoms with Crippen molar-refractivity contribution in [1.82, 2.24) is 0 Å². The van der Waals surface area contributed by atoms with Crippen molar-refractivity contribution in [2.24, 2.45) is 0 Å². The van der Waals surface area contributed by atoms with Gasteiger partial charge in [-0.25, -0.2) is 0 Å². The minimum absolute atomic E-state index is 0.0228. The van der Waals surface area contributed by atoms with Crippen LogP contribution >= 0.6 is 7.82 Å². The predicted molar refractivity (Wildman–Crippen MR) is 250 cm³/mol. The van der Waals surface area contributed by atoms with Gasteiger partial charge in [-0.1, -0.05) is 172 Å². The van der Waals surface area contributed by atoms with E-state index in [0.29, 0.717) is 24.1 Å². The summed E-state index contributed by atoms with van der Waals surface area (Å²) in [5.74, 6) is -0.343. The van der Waals surface area contributed by atoms with Crippen molar-refractivity contribution in [1.29, 1.82) is 0 Å². The van der Waals surface area contributed by atoms with Gasteiger partial charge < -0.3 is 27.9 Å². The van der Waals surface area contributed by atoms with Crippen LogP contribution in [0, 0.1) is 0 Å². The van der Waals surface area contributed by atoms with Gasteiger partial charge in [0.2, 0.25) is 0 Å². The first-order valence-electron chi connectivity index (χ1n) is 24.4. The Balaban J connectivity index is 4.19. The zero-order chi connectivity index (χ0) is 43.4. The van der Waals surface area contributed by atoms with Crippen molar-refractivity contribution in [3.8, 4) is 0 Å². The molecule has 0 aromatic rings. The second-order valence-electron chi connectivity index (χ2n) is 17.5. The standard InChI is InChI=1S/C50H94NO7P/c1-6-8-10-12-14-16-18-20-22-24-25-26-28-30-32-34-36-38-40-42-45-55-47-49(48-57-59(53,54)56-46-44-51(3,4)5)58-50(52)43-41-39-37-35-33-31-29-27-23-21-19-17-15-13-11-9-7-2/h14-17,20-23,49H,6-13,18-19,24-48H2,1-5H3/b16-14-,17-15-,22-20-,23-21-/t49-/m1/s1. The number of rotatable bonds is 45. The highest BCUT2D eigenvalue weighted by atomic mass is 31.2. The Morgan fingerprint density at radius 2 is 0.932 bits per heavy atom. The first kappa shape index (κ1) is 57.5. The predicted octanol–water partition coefficient (Wildman–Crippen LogP) is 14.1. The van der Waals surface area contributed by atoms with Crippen LogP contribution in [0.5, 0.6) is 0 Å². The van der Waals surface area contributed by atoms with Gasteiger partial charge in [0, 0.05) is 13.0 Å². The summed E-state index contributed by atoms with van der Waals surface area (Å²) in [7, 11) is 1.35. The molecule has 0 rings (SSSR count). The van der Waals surface area contributed by atoms with Crippen molar-refractivity contribution in [2.45, 2.75) is 213 Å². The topological polar surface area (TPSA) is 94.1 Å². The number of hydrogen-bond acceptors (Lipinski definition) is 7. The van der Waals surface area contributed by atoms with E-state index in [9.17, 15) is 14.3 Å². The van der Waals surface area contributed by atoms with Crippen LogP contribution in [0.1, 0.15) is 206 Å². The molecule has 1 unspecified atom stereocenters. The molecule has 0 saturated carbocycles. The smallest absolute Gasteiger partial charge is 0.306 e. The Kier molecular flexibility index (Phi) is 42.0. The Labute approximate surface area is 365 Å². The van der Waals surface area contributed by atoms with Crippen LogP contribution in [0.25, 0.3) is 0 Å². The number of carbonyl (C=O) groups is 1. The van der Waals surface area contributed by atoms with Gasteiger partial charge >= 0.3 is 5.97 Å². The van der Waals surface area contributed by atoms with Gasteiger partial charge in [0.05, 0.1) is 34.4 Å². The quantitative estimate of drug-likeness (QED) is 0.0198. The van der Waals surface area contributed by atoms with E-state index in [2.05, 4.69) is 62.5 Å². The van der Waals surface area contributed by atoms with E-state index >= 15 is 0 Å². The molecule has 0 bridgehead atoms. The van der Waals surface area contributed by atoms with Crippen LogP contribution in [0.4, 0.5) is 0 Å². The van der Waals surface area contributed by atoms with Gasteiger partial charge in [0.1, 0.15) is 19.3 Å².